The van der Waals surface area contributed by atoms with Gasteiger partial charge in [0, 0.05) is 16.8 Å². The van der Waals surface area contributed by atoms with Crippen molar-refractivity contribution in [2.75, 3.05) is 5.32 Å². The van der Waals surface area contributed by atoms with E-state index in [4.69, 9.17) is 11.6 Å². The average molecular weight is 415 g/mol. The zero-order chi connectivity index (χ0) is 20.5. The predicted octanol–water partition coefficient (Wildman–Crippen LogP) is 4.72. The highest BCUT2D eigenvalue weighted by Crippen LogP contribution is 2.25. The molecule has 0 saturated carbocycles. The van der Waals surface area contributed by atoms with Gasteiger partial charge < -0.3 is 0 Å². The van der Waals surface area contributed by atoms with Gasteiger partial charge in [-0.2, -0.15) is 4.98 Å². The molecule has 5 rings (SSSR count). The molecule has 0 bridgehead atoms. The van der Waals surface area contributed by atoms with Gasteiger partial charge in [-0.15, -0.1) is 5.10 Å². The Bertz CT molecular complexity index is 1360. The Labute approximate surface area is 176 Å². The van der Waals surface area contributed by atoms with Gasteiger partial charge in [0.2, 0.25) is 5.95 Å². The van der Waals surface area contributed by atoms with Crippen molar-refractivity contribution in [3.63, 3.8) is 0 Å². The lowest BCUT2D eigenvalue weighted by atomic mass is 10.2. The van der Waals surface area contributed by atoms with Crippen LogP contribution in [0, 0.1) is 0 Å². The summed E-state index contributed by atoms with van der Waals surface area (Å²) in [4.78, 5) is 21.3. The number of carbonyl (C=O) groups excluding carboxylic acids is 1. The minimum atomic E-state index is -0.304. The van der Waals surface area contributed by atoms with Crippen LogP contribution < -0.4 is 5.32 Å². The van der Waals surface area contributed by atoms with Gasteiger partial charge in [0.1, 0.15) is 6.33 Å². The average Bonchev–Trinajstić information content (AvgIpc) is 3.41. The van der Waals surface area contributed by atoms with E-state index in [1.165, 1.54) is 0 Å². The number of halogens is 1. The number of fused-ring (bicyclic) bond motifs is 1. The van der Waals surface area contributed by atoms with Crippen molar-refractivity contribution in [3.05, 3.63) is 89.7 Å². The number of amides is 1. The minimum absolute atomic E-state index is 0.180. The fourth-order valence-corrected chi connectivity index (χ4v) is 3.43. The molecule has 0 spiro atoms. The standard InChI is InChI=1S/C22H15ClN6O/c23-17-6-2-1-5-16(17)20-25-22(28-27-20)26-21(30)14-9-11-15(12-10-14)29-13-24-18-7-3-4-8-19(18)29/h1-13H,(H2,25,26,27,28,30). The number of para-hydroxylation sites is 2. The summed E-state index contributed by atoms with van der Waals surface area (Å²) in [6, 6.07) is 22.4. The van der Waals surface area contributed by atoms with Crippen LogP contribution in [0.1, 0.15) is 10.4 Å². The summed E-state index contributed by atoms with van der Waals surface area (Å²) in [7, 11) is 0. The van der Waals surface area contributed by atoms with Gasteiger partial charge in [0.05, 0.1) is 16.1 Å². The molecule has 0 aliphatic heterocycles. The van der Waals surface area contributed by atoms with Crippen molar-refractivity contribution in [1.82, 2.24) is 24.7 Å². The lowest BCUT2D eigenvalue weighted by molar-refractivity contribution is 0.102. The number of hydrogen-bond donors (Lipinski definition) is 2. The SMILES string of the molecule is O=C(Nc1n[nH]c(-c2ccccc2Cl)n1)c1ccc(-n2cnc3ccccc32)cc1. The maximum atomic E-state index is 12.6. The van der Waals surface area contributed by atoms with Gasteiger partial charge in [-0.3, -0.25) is 19.8 Å². The molecule has 0 fully saturated rings. The van der Waals surface area contributed by atoms with Crippen LogP contribution in [0.2, 0.25) is 5.02 Å². The first-order valence-electron chi connectivity index (χ1n) is 9.20. The third kappa shape index (κ3) is 3.31. The molecular weight excluding hydrogens is 400 g/mol. The Morgan fingerprint density at radius 3 is 2.57 bits per heavy atom. The summed E-state index contributed by atoms with van der Waals surface area (Å²) >= 11 is 6.18. The highest BCUT2D eigenvalue weighted by Gasteiger charge is 2.13. The van der Waals surface area contributed by atoms with Crippen LogP contribution in [0.5, 0.6) is 0 Å². The maximum absolute atomic E-state index is 12.6. The molecule has 0 atom stereocenters. The van der Waals surface area contributed by atoms with E-state index in [0.29, 0.717) is 22.0 Å². The monoisotopic (exact) mass is 414 g/mol. The Kier molecular flexibility index (Phi) is 4.49. The van der Waals surface area contributed by atoms with Crippen LogP contribution >= 0.6 is 11.6 Å². The molecule has 30 heavy (non-hydrogen) atoms. The summed E-state index contributed by atoms with van der Waals surface area (Å²) in [6.45, 7) is 0. The Morgan fingerprint density at radius 2 is 1.73 bits per heavy atom. The number of carbonyl (C=O) groups is 1. The first-order chi connectivity index (χ1) is 14.7. The zero-order valence-electron chi connectivity index (χ0n) is 15.6. The molecule has 5 aromatic rings. The van der Waals surface area contributed by atoms with E-state index in [2.05, 4.69) is 25.5 Å². The summed E-state index contributed by atoms with van der Waals surface area (Å²) < 4.78 is 1.97. The van der Waals surface area contributed by atoms with Crippen molar-refractivity contribution in [1.29, 1.82) is 0 Å². The van der Waals surface area contributed by atoms with Crippen LogP contribution in [0.3, 0.4) is 0 Å². The van der Waals surface area contributed by atoms with Crippen molar-refractivity contribution in [2.45, 2.75) is 0 Å². The van der Waals surface area contributed by atoms with Gasteiger partial charge in [-0.05, 0) is 48.5 Å². The number of nitrogens with one attached hydrogen (secondary N) is 2. The zero-order valence-corrected chi connectivity index (χ0v) is 16.3. The number of hydrogen-bond acceptors (Lipinski definition) is 4. The smallest absolute Gasteiger partial charge is 0.258 e. The van der Waals surface area contributed by atoms with E-state index in [1.807, 2.05) is 59.2 Å². The van der Waals surface area contributed by atoms with Crippen LogP contribution in [0.15, 0.2) is 79.1 Å². The summed E-state index contributed by atoms with van der Waals surface area (Å²) in [5, 5.41) is 10.1. The molecule has 2 N–H and O–H groups in total. The molecular formula is C22H15ClN6O. The highest BCUT2D eigenvalue weighted by molar-refractivity contribution is 6.33. The van der Waals surface area contributed by atoms with Gasteiger partial charge in [0.15, 0.2) is 5.82 Å². The maximum Gasteiger partial charge on any atom is 0.258 e. The fourth-order valence-electron chi connectivity index (χ4n) is 3.20. The predicted molar refractivity (Wildman–Crippen MR) is 116 cm³/mol. The molecule has 8 heteroatoms. The van der Waals surface area contributed by atoms with Crippen molar-refractivity contribution >= 4 is 34.5 Å². The Hall–Kier alpha value is -3.97. The normalized spacial score (nSPS) is 11.0. The van der Waals surface area contributed by atoms with Crippen LogP contribution in [-0.4, -0.2) is 30.6 Å². The molecule has 0 radical (unpaired) electrons. The third-order valence-corrected chi connectivity index (χ3v) is 5.03. The van der Waals surface area contributed by atoms with Gasteiger partial charge in [-0.1, -0.05) is 35.9 Å². The summed E-state index contributed by atoms with van der Waals surface area (Å²) in [6.07, 6.45) is 1.77. The van der Waals surface area contributed by atoms with Gasteiger partial charge in [0.25, 0.3) is 5.91 Å². The second-order valence-corrected chi connectivity index (χ2v) is 7.00. The van der Waals surface area contributed by atoms with Gasteiger partial charge in [-0.25, -0.2) is 4.98 Å². The van der Waals surface area contributed by atoms with E-state index in [9.17, 15) is 4.79 Å². The van der Waals surface area contributed by atoms with Crippen molar-refractivity contribution < 1.29 is 4.79 Å². The van der Waals surface area contributed by atoms with Crippen LogP contribution in [0.4, 0.5) is 5.95 Å². The van der Waals surface area contributed by atoms with Crippen LogP contribution in [-0.2, 0) is 0 Å². The number of aromatic amines is 1. The van der Waals surface area contributed by atoms with Gasteiger partial charge >= 0.3 is 0 Å². The molecule has 7 nitrogen and oxygen atoms in total. The summed E-state index contributed by atoms with van der Waals surface area (Å²) in [5.41, 5.74) is 4.04. The summed E-state index contributed by atoms with van der Waals surface area (Å²) in [5.74, 6) is 0.361. The molecule has 2 heterocycles. The van der Waals surface area contributed by atoms with E-state index < -0.39 is 0 Å². The fraction of sp³-hybridized carbons (Fsp3) is 0. The van der Waals surface area contributed by atoms with E-state index in [0.717, 1.165) is 16.7 Å². The van der Waals surface area contributed by atoms with Crippen LogP contribution in [0.25, 0.3) is 28.1 Å². The lowest BCUT2D eigenvalue weighted by Crippen LogP contribution is -2.13. The molecule has 1 amide bonds. The minimum Gasteiger partial charge on any atom is -0.299 e. The molecule has 0 unspecified atom stereocenters. The van der Waals surface area contributed by atoms with E-state index >= 15 is 0 Å². The highest BCUT2D eigenvalue weighted by atomic mass is 35.5. The molecule has 3 aromatic carbocycles. The van der Waals surface area contributed by atoms with Crippen molar-refractivity contribution in [2.24, 2.45) is 0 Å². The number of nitrogens with zero attached hydrogens (tertiary/aromatic N) is 4. The second kappa shape index (κ2) is 7.46. The number of rotatable bonds is 4. The van der Waals surface area contributed by atoms with E-state index in [1.54, 1.807) is 24.5 Å². The largest absolute Gasteiger partial charge is 0.299 e. The number of benzene rings is 3. The molecule has 2 aromatic heterocycles. The van der Waals surface area contributed by atoms with E-state index in [-0.39, 0.29) is 11.9 Å². The number of H-pyrrole nitrogens is 1. The molecule has 0 aliphatic rings. The molecule has 0 saturated heterocycles. The topological polar surface area (TPSA) is 88.5 Å². The third-order valence-electron chi connectivity index (χ3n) is 4.70. The number of imidazole rings is 1. The first kappa shape index (κ1) is 18.1. The number of aromatic nitrogens is 5. The Morgan fingerprint density at radius 1 is 0.967 bits per heavy atom. The van der Waals surface area contributed by atoms with Crippen molar-refractivity contribution in [3.8, 4) is 17.1 Å². The first-order valence-corrected chi connectivity index (χ1v) is 9.58. The number of anilines is 1. The Balaban J connectivity index is 1.34. The molecule has 0 aliphatic carbocycles. The molecule has 146 valence electrons. The second-order valence-electron chi connectivity index (χ2n) is 6.59. The quantitative estimate of drug-likeness (QED) is 0.445. The lowest BCUT2D eigenvalue weighted by Gasteiger charge is -2.06.